The minimum Gasteiger partial charge on any atom is -0.369 e. The van der Waals surface area contributed by atoms with Gasteiger partial charge >= 0.3 is 6.18 Å². The summed E-state index contributed by atoms with van der Waals surface area (Å²) < 4.78 is 68.4. The van der Waals surface area contributed by atoms with Gasteiger partial charge in [-0.05, 0) is 50.7 Å². The van der Waals surface area contributed by atoms with E-state index in [1.165, 1.54) is 12.3 Å². The molecule has 40 heavy (non-hydrogen) atoms. The van der Waals surface area contributed by atoms with Crippen LogP contribution in [0.25, 0.3) is 11.3 Å². The van der Waals surface area contributed by atoms with Crippen LogP contribution in [0, 0.1) is 29.4 Å². The van der Waals surface area contributed by atoms with Gasteiger partial charge in [0, 0.05) is 24.6 Å². The molecule has 1 saturated heterocycles. The number of benzene rings is 1. The normalized spacial score (nSPS) is 18.3. The molecule has 1 unspecified atom stereocenters. The van der Waals surface area contributed by atoms with E-state index in [2.05, 4.69) is 15.3 Å². The van der Waals surface area contributed by atoms with Crippen molar-refractivity contribution in [3.8, 4) is 11.3 Å². The van der Waals surface area contributed by atoms with Crippen LogP contribution in [0.1, 0.15) is 64.7 Å². The van der Waals surface area contributed by atoms with Crippen LogP contribution in [0.3, 0.4) is 0 Å². The van der Waals surface area contributed by atoms with Crippen molar-refractivity contribution in [2.45, 2.75) is 71.1 Å². The van der Waals surface area contributed by atoms with E-state index < -0.39 is 65.9 Å². The monoisotopic (exact) mass is 571 g/mol. The zero-order valence-corrected chi connectivity index (χ0v) is 22.5. The molecule has 13 heteroatoms. The van der Waals surface area contributed by atoms with Gasteiger partial charge in [0.05, 0.1) is 29.8 Å². The summed E-state index contributed by atoms with van der Waals surface area (Å²) in [4.78, 5) is 46.8. The van der Waals surface area contributed by atoms with Crippen molar-refractivity contribution in [3.05, 3.63) is 41.9 Å². The van der Waals surface area contributed by atoms with Crippen LogP contribution < -0.4 is 11.1 Å². The van der Waals surface area contributed by atoms with E-state index in [-0.39, 0.29) is 42.4 Å². The number of hydrogen-bond acceptors (Lipinski definition) is 4. The van der Waals surface area contributed by atoms with E-state index in [0.717, 1.165) is 11.0 Å². The zero-order valence-electron chi connectivity index (χ0n) is 22.5. The standard InChI is InChI=1S/C27H34F5N5O3/c1-14(2)10-18(24(33)39)19(12-23(38)37-9-5-4-6-22(37)27(30,31)32)26(40)35-15(3)25-34-13-21(36-25)17-8-7-16(28)11-20(17)29/h7-8,11,13-15,18-19,22H,4-6,9-10,12H2,1-3H3,(H2,33,39)(H,34,36)(H,35,40)/t15-,18?,19-,22+/m0/s1. The summed E-state index contributed by atoms with van der Waals surface area (Å²) in [6.07, 6.45) is -3.32. The average molecular weight is 572 g/mol. The molecule has 3 amide bonds. The maximum absolute atomic E-state index is 14.2. The van der Waals surface area contributed by atoms with Crippen molar-refractivity contribution in [2.24, 2.45) is 23.5 Å². The molecule has 220 valence electrons. The number of aromatic amines is 1. The fraction of sp³-hybridized carbons (Fsp3) is 0.556. The number of imidazole rings is 1. The van der Waals surface area contributed by atoms with Crippen LogP contribution in [-0.2, 0) is 14.4 Å². The number of hydrogen-bond donors (Lipinski definition) is 3. The number of rotatable bonds is 10. The molecule has 0 saturated carbocycles. The number of carbonyl (C=O) groups excluding carboxylic acids is 3. The first-order chi connectivity index (χ1) is 18.7. The zero-order chi connectivity index (χ0) is 29.8. The molecule has 2 heterocycles. The molecule has 8 nitrogen and oxygen atoms in total. The van der Waals surface area contributed by atoms with Crippen LogP contribution >= 0.6 is 0 Å². The lowest BCUT2D eigenvalue weighted by atomic mass is 9.81. The number of likely N-dealkylation sites (tertiary alicyclic amines) is 1. The van der Waals surface area contributed by atoms with Gasteiger partial charge < -0.3 is 20.9 Å². The number of piperidine rings is 1. The first-order valence-corrected chi connectivity index (χ1v) is 13.1. The molecule has 1 aliphatic heterocycles. The molecule has 4 atom stereocenters. The Morgan fingerprint density at radius 1 is 1.15 bits per heavy atom. The average Bonchev–Trinajstić information content (AvgIpc) is 3.35. The van der Waals surface area contributed by atoms with Crippen LogP contribution in [0.5, 0.6) is 0 Å². The summed E-state index contributed by atoms with van der Waals surface area (Å²) in [5.41, 5.74) is 5.87. The molecule has 3 rings (SSSR count). The maximum atomic E-state index is 14.2. The minimum absolute atomic E-state index is 0.0497. The molecule has 0 bridgehead atoms. The first kappa shape index (κ1) is 31.0. The molecule has 0 aliphatic carbocycles. The van der Waals surface area contributed by atoms with Crippen LogP contribution in [0.2, 0.25) is 0 Å². The molecule has 1 aromatic heterocycles. The Bertz CT molecular complexity index is 1220. The molecular weight excluding hydrogens is 537 g/mol. The quantitative estimate of drug-likeness (QED) is 0.360. The van der Waals surface area contributed by atoms with Crippen molar-refractivity contribution in [2.75, 3.05) is 6.54 Å². The molecule has 1 aliphatic rings. The largest absolute Gasteiger partial charge is 0.408 e. The van der Waals surface area contributed by atoms with Gasteiger partial charge in [0.1, 0.15) is 23.5 Å². The van der Waals surface area contributed by atoms with Crippen molar-refractivity contribution in [1.29, 1.82) is 0 Å². The van der Waals surface area contributed by atoms with Crippen LogP contribution in [0.4, 0.5) is 22.0 Å². The summed E-state index contributed by atoms with van der Waals surface area (Å²) in [6.45, 7) is 5.03. The SMILES string of the molecule is CC(C)CC(C(N)=O)[C@H](CC(=O)N1CCCC[C@@H]1C(F)(F)F)C(=O)N[C@@H](C)c1ncc(-c2ccc(F)cc2F)[nH]1. The van der Waals surface area contributed by atoms with Crippen molar-refractivity contribution < 1.29 is 36.3 Å². The Kier molecular flexibility index (Phi) is 9.91. The number of aromatic nitrogens is 2. The third-order valence-corrected chi connectivity index (χ3v) is 7.09. The number of amides is 3. The van der Waals surface area contributed by atoms with Gasteiger partial charge in [-0.15, -0.1) is 0 Å². The van der Waals surface area contributed by atoms with E-state index in [9.17, 15) is 36.3 Å². The second-order valence-corrected chi connectivity index (χ2v) is 10.6. The summed E-state index contributed by atoms with van der Waals surface area (Å²) in [6, 6.07) is 0.239. The number of nitrogens with zero attached hydrogens (tertiary/aromatic N) is 2. The topological polar surface area (TPSA) is 121 Å². The fourth-order valence-corrected chi connectivity index (χ4v) is 5.07. The lowest BCUT2D eigenvalue weighted by Gasteiger charge is -2.38. The molecule has 2 aromatic rings. The first-order valence-electron chi connectivity index (χ1n) is 13.1. The van der Waals surface area contributed by atoms with E-state index in [4.69, 9.17) is 5.73 Å². The van der Waals surface area contributed by atoms with Crippen LogP contribution in [0.15, 0.2) is 24.4 Å². The number of primary amides is 1. The Labute approximate surface area is 228 Å². The van der Waals surface area contributed by atoms with E-state index in [0.29, 0.717) is 18.9 Å². The number of nitrogens with one attached hydrogen (secondary N) is 2. The minimum atomic E-state index is -4.62. The molecule has 0 radical (unpaired) electrons. The second kappa shape index (κ2) is 12.8. The summed E-state index contributed by atoms with van der Waals surface area (Å²) in [7, 11) is 0. The van der Waals surface area contributed by atoms with E-state index >= 15 is 0 Å². The molecular formula is C27H34F5N5O3. The Hall–Kier alpha value is -3.51. The lowest BCUT2D eigenvalue weighted by molar-refractivity contribution is -0.196. The predicted octanol–water partition coefficient (Wildman–Crippen LogP) is 4.63. The van der Waals surface area contributed by atoms with Crippen LogP contribution in [-0.4, -0.2) is 51.4 Å². The lowest BCUT2D eigenvalue weighted by Crippen LogP contribution is -2.53. The highest BCUT2D eigenvalue weighted by Gasteiger charge is 2.47. The van der Waals surface area contributed by atoms with Gasteiger partial charge in [-0.3, -0.25) is 14.4 Å². The Balaban J connectivity index is 1.83. The van der Waals surface area contributed by atoms with Gasteiger partial charge in [0.25, 0.3) is 0 Å². The van der Waals surface area contributed by atoms with E-state index in [1.807, 2.05) is 0 Å². The smallest absolute Gasteiger partial charge is 0.369 e. The Morgan fingerprint density at radius 3 is 2.45 bits per heavy atom. The molecule has 4 N–H and O–H groups in total. The summed E-state index contributed by atoms with van der Waals surface area (Å²) in [5, 5.41) is 2.66. The highest BCUT2D eigenvalue weighted by atomic mass is 19.4. The predicted molar refractivity (Wildman–Crippen MR) is 136 cm³/mol. The molecule has 1 aromatic carbocycles. The number of carbonyl (C=O) groups is 3. The number of halogens is 5. The molecule has 1 fully saturated rings. The van der Waals surface area contributed by atoms with Crippen molar-refractivity contribution >= 4 is 17.7 Å². The number of nitrogens with two attached hydrogens (primary N) is 1. The third-order valence-electron chi connectivity index (χ3n) is 7.09. The van der Waals surface area contributed by atoms with Crippen molar-refractivity contribution in [1.82, 2.24) is 20.2 Å². The Morgan fingerprint density at radius 2 is 1.85 bits per heavy atom. The second-order valence-electron chi connectivity index (χ2n) is 10.6. The summed E-state index contributed by atoms with van der Waals surface area (Å²) >= 11 is 0. The van der Waals surface area contributed by atoms with Gasteiger partial charge in [0.2, 0.25) is 17.7 Å². The van der Waals surface area contributed by atoms with Gasteiger partial charge in [0.15, 0.2) is 0 Å². The van der Waals surface area contributed by atoms with Crippen molar-refractivity contribution in [3.63, 3.8) is 0 Å². The third kappa shape index (κ3) is 7.57. The highest BCUT2D eigenvalue weighted by Crippen LogP contribution is 2.34. The van der Waals surface area contributed by atoms with Gasteiger partial charge in [-0.1, -0.05) is 13.8 Å². The number of alkyl halides is 3. The molecule has 0 spiro atoms. The number of H-pyrrole nitrogens is 1. The van der Waals surface area contributed by atoms with Gasteiger partial charge in [-0.25, -0.2) is 13.8 Å². The highest BCUT2D eigenvalue weighted by molar-refractivity contribution is 5.91. The van der Waals surface area contributed by atoms with E-state index in [1.54, 1.807) is 20.8 Å². The van der Waals surface area contributed by atoms with Gasteiger partial charge in [-0.2, -0.15) is 13.2 Å². The fourth-order valence-electron chi connectivity index (χ4n) is 5.07. The summed E-state index contributed by atoms with van der Waals surface area (Å²) in [5.74, 6) is -6.38. The maximum Gasteiger partial charge on any atom is 0.408 e.